The van der Waals surface area contributed by atoms with Gasteiger partial charge in [0.25, 0.3) is 11.5 Å². The molecule has 4 rings (SSSR count). The number of hydrogen-bond acceptors (Lipinski definition) is 7. The first-order valence-corrected chi connectivity index (χ1v) is 11.8. The monoisotopic (exact) mass is 494 g/mol. The van der Waals surface area contributed by atoms with Gasteiger partial charge in [-0.15, -0.1) is 0 Å². The van der Waals surface area contributed by atoms with Crippen molar-refractivity contribution < 1.29 is 19.4 Å². The first-order chi connectivity index (χ1) is 17.1. The van der Waals surface area contributed by atoms with Crippen molar-refractivity contribution in [2.45, 2.75) is 51.8 Å². The molecule has 1 aliphatic rings. The van der Waals surface area contributed by atoms with Crippen molar-refractivity contribution in [1.29, 1.82) is 0 Å². The van der Waals surface area contributed by atoms with E-state index in [0.717, 1.165) is 17.5 Å². The van der Waals surface area contributed by atoms with E-state index in [4.69, 9.17) is 4.74 Å². The van der Waals surface area contributed by atoms with Crippen molar-refractivity contribution in [1.82, 2.24) is 24.5 Å². The number of ether oxygens (including phenoxy) is 1. The summed E-state index contributed by atoms with van der Waals surface area (Å²) in [5.74, 6) is 0.202. The van der Waals surface area contributed by atoms with Gasteiger partial charge < -0.3 is 20.1 Å². The summed E-state index contributed by atoms with van der Waals surface area (Å²) in [6.07, 6.45) is 4.93. The molecule has 1 saturated heterocycles. The number of aliphatic hydroxyl groups is 1. The van der Waals surface area contributed by atoms with Crippen LogP contribution in [0.5, 0.6) is 11.5 Å². The minimum absolute atomic E-state index is 0.111. The van der Waals surface area contributed by atoms with E-state index >= 15 is 0 Å². The summed E-state index contributed by atoms with van der Waals surface area (Å²) in [4.78, 5) is 40.1. The molecule has 2 aromatic heterocycles. The topological polar surface area (TPSA) is 132 Å². The molecule has 2 N–H and O–H groups in total. The molecule has 190 valence electrons. The lowest BCUT2D eigenvalue weighted by Crippen LogP contribution is -2.33. The SMILES string of the molecule is CC(C(=O)Nc1ccn(CC(C)(C)O)n1)n1ncc(Oc2ccccc2C(=O)N2CCCC2)cc1=O. The molecule has 36 heavy (non-hydrogen) atoms. The highest BCUT2D eigenvalue weighted by Gasteiger charge is 2.23. The number of aromatic nitrogens is 4. The lowest BCUT2D eigenvalue weighted by atomic mass is 10.1. The number of para-hydroxylation sites is 1. The lowest BCUT2D eigenvalue weighted by molar-refractivity contribution is -0.119. The van der Waals surface area contributed by atoms with Crippen LogP contribution in [-0.2, 0) is 11.3 Å². The van der Waals surface area contributed by atoms with E-state index in [1.165, 1.54) is 16.9 Å². The van der Waals surface area contributed by atoms with Crippen LogP contribution in [0.15, 0.2) is 53.6 Å². The Labute approximate surface area is 208 Å². The van der Waals surface area contributed by atoms with Crippen molar-refractivity contribution in [2.75, 3.05) is 18.4 Å². The number of amides is 2. The maximum absolute atomic E-state index is 12.9. The number of rotatable bonds is 8. The average Bonchev–Trinajstić information content (AvgIpc) is 3.50. The molecule has 0 aliphatic carbocycles. The standard InChI is InChI=1S/C25H30N6O5/c1-17(23(33)27-21-10-13-30(28-21)16-25(2,3)35)31-22(32)14-18(15-26-31)36-20-9-5-4-8-19(20)24(34)29-11-6-7-12-29/h4-5,8-10,13-15,17,35H,6-7,11-12,16H2,1-3H3,(H,27,28,33). The third kappa shape index (κ3) is 5.98. The number of likely N-dealkylation sites (tertiary alicyclic amines) is 1. The smallest absolute Gasteiger partial charge is 0.271 e. The van der Waals surface area contributed by atoms with Crippen molar-refractivity contribution >= 4 is 17.6 Å². The van der Waals surface area contributed by atoms with Crippen LogP contribution >= 0.6 is 0 Å². The van der Waals surface area contributed by atoms with Gasteiger partial charge in [-0.2, -0.15) is 10.2 Å². The van der Waals surface area contributed by atoms with Crippen LogP contribution in [0.4, 0.5) is 5.82 Å². The van der Waals surface area contributed by atoms with Crippen LogP contribution in [0.2, 0.25) is 0 Å². The number of carbonyl (C=O) groups excluding carboxylic acids is 2. The second-order valence-corrected chi connectivity index (χ2v) is 9.45. The van der Waals surface area contributed by atoms with Gasteiger partial charge in [-0.3, -0.25) is 19.1 Å². The van der Waals surface area contributed by atoms with Gasteiger partial charge in [0.15, 0.2) is 11.6 Å². The highest BCUT2D eigenvalue weighted by molar-refractivity contribution is 5.97. The zero-order valence-corrected chi connectivity index (χ0v) is 20.5. The van der Waals surface area contributed by atoms with Gasteiger partial charge in [-0.1, -0.05) is 12.1 Å². The van der Waals surface area contributed by atoms with E-state index < -0.39 is 23.1 Å². The maximum atomic E-state index is 12.9. The molecule has 2 amide bonds. The van der Waals surface area contributed by atoms with E-state index in [-0.39, 0.29) is 18.2 Å². The lowest BCUT2D eigenvalue weighted by Gasteiger charge is -2.18. The number of nitrogens with one attached hydrogen (secondary N) is 1. The number of carbonyl (C=O) groups is 2. The van der Waals surface area contributed by atoms with Gasteiger partial charge >= 0.3 is 0 Å². The summed E-state index contributed by atoms with van der Waals surface area (Å²) in [5.41, 5.74) is -1.07. The molecule has 1 aliphatic heterocycles. The molecule has 11 heteroatoms. The van der Waals surface area contributed by atoms with Gasteiger partial charge in [0.2, 0.25) is 5.91 Å². The van der Waals surface area contributed by atoms with Crippen molar-refractivity contribution in [3.63, 3.8) is 0 Å². The van der Waals surface area contributed by atoms with Gasteiger partial charge in [0.1, 0.15) is 11.8 Å². The molecule has 0 spiro atoms. The van der Waals surface area contributed by atoms with Crippen molar-refractivity contribution in [3.8, 4) is 11.5 Å². The quantitative estimate of drug-likeness (QED) is 0.492. The Morgan fingerprint density at radius 1 is 1.19 bits per heavy atom. The Bertz CT molecular complexity index is 1300. The zero-order valence-electron chi connectivity index (χ0n) is 20.5. The fourth-order valence-electron chi connectivity index (χ4n) is 3.95. The molecule has 11 nitrogen and oxygen atoms in total. The molecule has 1 unspecified atom stereocenters. The van der Waals surface area contributed by atoms with E-state index in [9.17, 15) is 19.5 Å². The number of hydrogen-bond donors (Lipinski definition) is 2. The van der Waals surface area contributed by atoms with E-state index in [0.29, 0.717) is 30.2 Å². The third-order valence-corrected chi connectivity index (χ3v) is 5.73. The minimum atomic E-state index is -0.955. The molecule has 1 atom stereocenters. The summed E-state index contributed by atoms with van der Waals surface area (Å²) in [7, 11) is 0. The van der Waals surface area contributed by atoms with Gasteiger partial charge in [-0.05, 0) is 45.7 Å². The van der Waals surface area contributed by atoms with Crippen molar-refractivity contribution in [2.24, 2.45) is 0 Å². The molecular formula is C25H30N6O5. The predicted octanol–water partition coefficient (Wildman–Crippen LogP) is 2.44. The maximum Gasteiger partial charge on any atom is 0.271 e. The van der Waals surface area contributed by atoms with Gasteiger partial charge in [0, 0.05) is 31.4 Å². The van der Waals surface area contributed by atoms with Crippen LogP contribution < -0.4 is 15.6 Å². The molecular weight excluding hydrogens is 464 g/mol. The summed E-state index contributed by atoms with van der Waals surface area (Å²) in [6.45, 7) is 6.54. The molecule has 0 bridgehead atoms. The summed E-state index contributed by atoms with van der Waals surface area (Å²) in [5, 5.41) is 20.9. The second kappa shape index (κ2) is 10.3. The fourth-order valence-corrected chi connectivity index (χ4v) is 3.95. The first-order valence-electron chi connectivity index (χ1n) is 11.8. The average molecular weight is 495 g/mol. The highest BCUT2D eigenvalue weighted by Crippen LogP contribution is 2.26. The van der Waals surface area contributed by atoms with Crippen molar-refractivity contribution in [3.05, 3.63) is 64.7 Å². The second-order valence-electron chi connectivity index (χ2n) is 9.45. The Balaban J connectivity index is 1.45. The number of nitrogens with zero attached hydrogens (tertiary/aromatic N) is 5. The summed E-state index contributed by atoms with van der Waals surface area (Å²) in [6, 6.07) is 8.79. The third-order valence-electron chi connectivity index (χ3n) is 5.73. The molecule has 3 heterocycles. The summed E-state index contributed by atoms with van der Waals surface area (Å²) >= 11 is 0. The largest absolute Gasteiger partial charge is 0.455 e. The summed E-state index contributed by atoms with van der Waals surface area (Å²) < 4.78 is 8.40. The van der Waals surface area contributed by atoms with Crippen LogP contribution in [0.25, 0.3) is 0 Å². The van der Waals surface area contributed by atoms with Crippen LogP contribution in [0.3, 0.4) is 0 Å². The van der Waals surface area contributed by atoms with E-state index in [1.807, 2.05) is 0 Å². The van der Waals surface area contributed by atoms with Crippen LogP contribution in [0, 0.1) is 0 Å². The molecule has 1 fully saturated rings. The molecule has 0 saturated carbocycles. The van der Waals surface area contributed by atoms with Crippen LogP contribution in [-0.4, -0.2) is 60.1 Å². The normalized spacial score (nSPS) is 14.5. The van der Waals surface area contributed by atoms with Gasteiger partial charge in [0.05, 0.1) is 23.9 Å². The van der Waals surface area contributed by atoms with Gasteiger partial charge in [-0.25, -0.2) is 4.68 Å². The van der Waals surface area contributed by atoms with E-state index in [2.05, 4.69) is 15.5 Å². The minimum Gasteiger partial charge on any atom is -0.455 e. The Morgan fingerprint density at radius 3 is 2.61 bits per heavy atom. The first kappa shape index (κ1) is 25.1. The number of benzene rings is 1. The Morgan fingerprint density at radius 2 is 1.92 bits per heavy atom. The zero-order chi connectivity index (χ0) is 25.9. The highest BCUT2D eigenvalue weighted by atomic mass is 16.5. The predicted molar refractivity (Wildman–Crippen MR) is 132 cm³/mol. The Hall–Kier alpha value is -3.99. The van der Waals surface area contributed by atoms with E-state index in [1.54, 1.807) is 62.2 Å². The number of anilines is 1. The molecule has 3 aromatic rings. The molecule has 1 aromatic carbocycles. The molecule has 0 radical (unpaired) electrons. The van der Waals surface area contributed by atoms with Crippen LogP contribution in [0.1, 0.15) is 50.0 Å². The fraction of sp³-hybridized carbons (Fsp3) is 0.400. The Kier molecular flexibility index (Phi) is 7.20.